The third kappa shape index (κ3) is 6.22. The van der Waals surface area contributed by atoms with Gasteiger partial charge in [-0.05, 0) is 17.8 Å². The van der Waals surface area contributed by atoms with E-state index < -0.39 is 0 Å². The average Bonchev–Trinajstić information content (AvgIpc) is 2.25. The monoisotopic (exact) mass is 212 g/mol. The van der Waals surface area contributed by atoms with Crippen LogP contribution in [0.1, 0.15) is 79.6 Å². The van der Waals surface area contributed by atoms with Gasteiger partial charge in [0, 0.05) is 0 Å². The van der Waals surface area contributed by atoms with Crippen molar-refractivity contribution in [3.8, 4) is 0 Å². The Morgan fingerprint density at radius 3 is 1.87 bits per heavy atom. The summed E-state index contributed by atoms with van der Waals surface area (Å²) in [6.45, 7) is 11.9. The molecular weight excluding hydrogens is 180 g/mol. The van der Waals surface area contributed by atoms with Gasteiger partial charge in [-0.1, -0.05) is 79.6 Å². The van der Waals surface area contributed by atoms with Crippen LogP contribution in [0.3, 0.4) is 0 Å². The summed E-state index contributed by atoms with van der Waals surface area (Å²) >= 11 is 0. The zero-order chi connectivity index (χ0) is 11.7. The van der Waals surface area contributed by atoms with Crippen LogP contribution in [0.4, 0.5) is 0 Å². The molecule has 0 aromatic rings. The maximum Gasteiger partial charge on any atom is -0.0365 e. The average molecular weight is 212 g/mol. The summed E-state index contributed by atoms with van der Waals surface area (Å²) in [6.07, 6.45) is 9.83. The van der Waals surface area contributed by atoms with E-state index in [1.165, 1.54) is 44.9 Å². The van der Waals surface area contributed by atoms with Gasteiger partial charge >= 0.3 is 0 Å². The van der Waals surface area contributed by atoms with Crippen LogP contribution in [0.5, 0.6) is 0 Å². The van der Waals surface area contributed by atoms with E-state index in [0.717, 1.165) is 17.8 Å². The third-order valence-electron chi connectivity index (χ3n) is 4.09. The molecule has 0 fully saturated rings. The molecule has 0 N–H and O–H groups in total. The van der Waals surface area contributed by atoms with E-state index in [0.29, 0.717) is 0 Å². The molecule has 0 aromatic carbocycles. The highest BCUT2D eigenvalue weighted by Gasteiger charge is 2.20. The summed E-state index contributed by atoms with van der Waals surface area (Å²) < 4.78 is 0. The van der Waals surface area contributed by atoms with Crippen molar-refractivity contribution < 1.29 is 0 Å². The van der Waals surface area contributed by atoms with Crippen molar-refractivity contribution in [1.82, 2.24) is 0 Å². The Bertz CT molecular complexity index is 128. The van der Waals surface area contributed by atoms with Gasteiger partial charge in [-0.25, -0.2) is 0 Å². The SMILES string of the molecule is CCCCCCC(C)C(CC)C(C)CC. The summed E-state index contributed by atoms with van der Waals surface area (Å²) in [7, 11) is 0. The Morgan fingerprint density at radius 1 is 0.733 bits per heavy atom. The lowest BCUT2D eigenvalue weighted by atomic mass is 9.78. The van der Waals surface area contributed by atoms with Gasteiger partial charge in [-0.15, -0.1) is 0 Å². The lowest BCUT2D eigenvalue weighted by Crippen LogP contribution is -2.18. The minimum atomic E-state index is 0.913. The van der Waals surface area contributed by atoms with Crippen LogP contribution in [0.15, 0.2) is 0 Å². The van der Waals surface area contributed by atoms with Gasteiger partial charge < -0.3 is 0 Å². The van der Waals surface area contributed by atoms with Crippen molar-refractivity contribution in [2.45, 2.75) is 79.6 Å². The van der Waals surface area contributed by atoms with Crippen molar-refractivity contribution in [3.05, 3.63) is 0 Å². The molecule has 0 heteroatoms. The summed E-state index contributed by atoms with van der Waals surface area (Å²) in [6, 6.07) is 0. The summed E-state index contributed by atoms with van der Waals surface area (Å²) in [5.41, 5.74) is 0. The van der Waals surface area contributed by atoms with Crippen LogP contribution in [0, 0.1) is 17.8 Å². The number of hydrogen-bond donors (Lipinski definition) is 0. The highest BCUT2D eigenvalue weighted by atomic mass is 14.3. The third-order valence-corrected chi connectivity index (χ3v) is 4.09. The fourth-order valence-corrected chi connectivity index (χ4v) is 2.78. The molecule has 92 valence electrons. The molecule has 15 heavy (non-hydrogen) atoms. The van der Waals surface area contributed by atoms with Gasteiger partial charge in [0.25, 0.3) is 0 Å². The first-order valence-electron chi connectivity index (χ1n) is 7.17. The predicted molar refractivity (Wildman–Crippen MR) is 71.2 cm³/mol. The summed E-state index contributed by atoms with van der Waals surface area (Å²) in [4.78, 5) is 0. The van der Waals surface area contributed by atoms with E-state index in [2.05, 4.69) is 34.6 Å². The normalized spacial score (nSPS) is 17.4. The Balaban J connectivity index is 3.77. The Morgan fingerprint density at radius 2 is 1.40 bits per heavy atom. The standard InChI is InChI=1S/C15H32/c1-6-9-10-11-12-14(5)15(8-3)13(4)7-2/h13-15H,6-12H2,1-5H3. The highest BCUT2D eigenvalue weighted by molar-refractivity contribution is 4.70. The molecule has 3 atom stereocenters. The van der Waals surface area contributed by atoms with Gasteiger partial charge in [0.05, 0.1) is 0 Å². The first-order valence-corrected chi connectivity index (χ1v) is 7.17. The summed E-state index contributed by atoms with van der Waals surface area (Å²) in [5.74, 6) is 2.80. The molecule has 0 nitrogen and oxygen atoms in total. The zero-order valence-electron chi connectivity index (χ0n) is 11.7. The van der Waals surface area contributed by atoms with Crippen LogP contribution < -0.4 is 0 Å². The van der Waals surface area contributed by atoms with E-state index in [1.54, 1.807) is 0 Å². The van der Waals surface area contributed by atoms with Gasteiger partial charge in [0.1, 0.15) is 0 Å². The Hall–Kier alpha value is 0. The smallest absolute Gasteiger partial charge is 0.0365 e. The molecule has 0 radical (unpaired) electrons. The molecule has 0 amide bonds. The van der Waals surface area contributed by atoms with Crippen molar-refractivity contribution in [2.75, 3.05) is 0 Å². The van der Waals surface area contributed by atoms with E-state index in [9.17, 15) is 0 Å². The minimum Gasteiger partial charge on any atom is -0.0654 e. The minimum absolute atomic E-state index is 0.913. The molecule has 0 saturated heterocycles. The van der Waals surface area contributed by atoms with E-state index in [1.807, 2.05) is 0 Å². The maximum absolute atomic E-state index is 2.46. The van der Waals surface area contributed by atoms with E-state index >= 15 is 0 Å². The Kier molecular flexibility index (Phi) is 9.24. The predicted octanol–water partition coefficient (Wildman–Crippen LogP) is 5.67. The first-order chi connectivity index (χ1) is 7.17. The second-order valence-electron chi connectivity index (χ2n) is 5.28. The van der Waals surface area contributed by atoms with Crippen molar-refractivity contribution >= 4 is 0 Å². The molecule has 0 aromatic heterocycles. The molecule has 0 aliphatic heterocycles. The number of unbranched alkanes of at least 4 members (excludes halogenated alkanes) is 3. The summed E-state index contributed by atoms with van der Waals surface area (Å²) in [5, 5.41) is 0. The van der Waals surface area contributed by atoms with E-state index in [4.69, 9.17) is 0 Å². The Labute approximate surface area is 97.8 Å². The number of rotatable bonds is 9. The number of hydrogen-bond acceptors (Lipinski definition) is 0. The van der Waals surface area contributed by atoms with Crippen molar-refractivity contribution in [2.24, 2.45) is 17.8 Å². The fourth-order valence-electron chi connectivity index (χ4n) is 2.78. The molecule has 0 spiro atoms. The van der Waals surface area contributed by atoms with Gasteiger partial charge in [0.15, 0.2) is 0 Å². The second-order valence-corrected chi connectivity index (χ2v) is 5.28. The van der Waals surface area contributed by atoms with Gasteiger partial charge in [-0.2, -0.15) is 0 Å². The van der Waals surface area contributed by atoms with Gasteiger partial charge in [-0.3, -0.25) is 0 Å². The highest BCUT2D eigenvalue weighted by Crippen LogP contribution is 2.30. The van der Waals surface area contributed by atoms with Crippen molar-refractivity contribution in [1.29, 1.82) is 0 Å². The van der Waals surface area contributed by atoms with Gasteiger partial charge in [0.2, 0.25) is 0 Å². The molecule has 0 aliphatic rings. The quantitative estimate of drug-likeness (QED) is 0.432. The first kappa shape index (κ1) is 15.0. The van der Waals surface area contributed by atoms with Crippen LogP contribution in [-0.2, 0) is 0 Å². The van der Waals surface area contributed by atoms with Crippen LogP contribution >= 0.6 is 0 Å². The zero-order valence-corrected chi connectivity index (χ0v) is 11.7. The molecule has 0 rings (SSSR count). The molecule has 3 unspecified atom stereocenters. The second kappa shape index (κ2) is 9.24. The molecule has 0 heterocycles. The van der Waals surface area contributed by atoms with Crippen LogP contribution in [0.2, 0.25) is 0 Å². The largest absolute Gasteiger partial charge is 0.0654 e. The molecule has 0 saturated carbocycles. The molecule has 0 bridgehead atoms. The topological polar surface area (TPSA) is 0 Å². The lowest BCUT2D eigenvalue weighted by molar-refractivity contribution is 0.226. The fraction of sp³-hybridized carbons (Fsp3) is 1.00. The van der Waals surface area contributed by atoms with Crippen LogP contribution in [-0.4, -0.2) is 0 Å². The van der Waals surface area contributed by atoms with Crippen molar-refractivity contribution in [3.63, 3.8) is 0 Å². The molecular formula is C15H32. The van der Waals surface area contributed by atoms with Crippen LogP contribution in [0.25, 0.3) is 0 Å². The lowest BCUT2D eigenvalue weighted by Gasteiger charge is -2.28. The maximum atomic E-state index is 2.46. The molecule has 0 aliphatic carbocycles. The van der Waals surface area contributed by atoms with E-state index in [-0.39, 0.29) is 0 Å².